The second-order valence-electron chi connectivity index (χ2n) is 4.26. The SMILES string of the molecule is CC(=O)NCCCCC(C)(C)CS. The topological polar surface area (TPSA) is 29.1 Å². The zero-order chi connectivity index (χ0) is 10.3. The lowest BCUT2D eigenvalue weighted by molar-refractivity contribution is -0.118. The Labute approximate surface area is 86.9 Å². The van der Waals surface area contributed by atoms with Crippen molar-refractivity contribution in [2.45, 2.75) is 40.0 Å². The first-order valence-electron chi connectivity index (χ1n) is 4.83. The Bertz CT molecular complexity index is 157. The van der Waals surface area contributed by atoms with E-state index in [9.17, 15) is 4.79 Å². The standard InChI is InChI=1S/C10H21NOS/c1-9(12)11-7-5-4-6-10(2,3)8-13/h13H,4-8H2,1-3H3,(H,11,12). The van der Waals surface area contributed by atoms with Crippen molar-refractivity contribution >= 4 is 18.5 Å². The van der Waals surface area contributed by atoms with Crippen LogP contribution in [-0.4, -0.2) is 18.2 Å². The van der Waals surface area contributed by atoms with Gasteiger partial charge in [0.1, 0.15) is 0 Å². The Morgan fingerprint density at radius 1 is 1.38 bits per heavy atom. The van der Waals surface area contributed by atoms with Crippen LogP contribution in [0.1, 0.15) is 40.0 Å². The molecule has 1 amide bonds. The minimum Gasteiger partial charge on any atom is -0.356 e. The number of thiol groups is 1. The molecule has 0 radical (unpaired) electrons. The zero-order valence-corrected chi connectivity index (χ0v) is 9.79. The fraction of sp³-hybridized carbons (Fsp3) is 0.900. The van der Waals surface area contributed by atoms with Gasteiger partial charge in [-0.3, -0.25) is 4.79 Å². The second kappa shape index (κ2) is 6.30. The van der Waals surface area contributed by atoms with Crippen molar-refractivity contribution in [3.63, 3.8) is 0 Å². The van der Waals surface area contributed by atoms with E-state index in [1.807, 2.05) is 0 Å². The largest absolute Gasteiger partial charge is 0.356 e. The molecule has 0 aromatic heterocycles. The number of hydrogen-bond donors (Lipinski definition) is 2. The van der Waals surface area contributed by atoms with Crippen molar-refractivity contribution in [2.24, 2.45) is 5.41 Å². The summed E-state index contributed by atoms with van der Waals surface area (Å²) in [7, 11) is 0. The van der Waals surface area contributed by atoms with Crippen LogP contribution in [0.2, 0.25) is 0 Å². The fourth-order valence-corrected chi connectivity index (χ4v) is 1.23. The van der Waals surface area contributed by atoms with Gasteiger partial charge in [-0.15, -0.1) is 0 Å². The van der Waals surface area contributed by atoms with Crippen molar-refractivity contribution in [3.8, 4) is 0 Å². The van der Waals surface area contributed by atoms with Crippen molar-refractivity contribution in [2.75, 3.05) is 12.3 Å². The van der Waals surface area contributed by atoms with Crippen LogP contribution in [0.5, 0.6) is 0 Å². The number of nitrogens with one attached hydrogen (secondary N) is 1. The summed E-state index contributed by atoms with van der Waals surface area (Å²) >= 11 is 4.29. The quantitative estimate of drug-likeness (QED) is 0.503. The maximum atomic E-state index is 10.5. The van der Waals surface area contributed by atoms with E-state index in [0.717, 1.165) is 25.1 Å². The third-order valence-corrected chi connectivity index (χ3v) is 2.94. The average Bonchev–Trinajstić information content (AvgIpc) is 2.03. The Morgan fingerprint density at radius 2 is 2.00 bits per heavy atom. The molecule has 0 spiro atoms. The second-order valence-corrected chi connectivity index (χ2v) is 4.58. The molecule has 0 aliphatic rings. The van der Waals surface area contributed by atoms with Crippen LogP contribution < -0.4 is 5.32 Å². The number of carbonyl (C=O) groups is 1. The summed E-state index contributed by atoms with van der Waals surface area (Å²) in [4.78, 5) is 10.5. The van der Waals surface area contributed by atoms with E-state index in [-0.39, 0.29) is 5.91 Å². The smallest absolute Gasteiger partial charge is 0.216 e. The highest BCUT2D eigenvalue weighted by molar-refractivity contribution is 7.80. The number of unbranched alkanes of at least 4 members (excludes halogenated alkanes) is 1. The van der Waals surface area contributed by atoms with Gasteiger partial charge in [-0.05, 0) is 24.0 Å². The highest BCUT2D eigenvalue weighted by atomic mass is 32.1. The molecule has 3 heteroatoms. The van der Waals surface area contributed by atoms with Gasteiger partial charge in [0.05, 0.1) is 0 Å². The first-order chi connectivity index (χ1) is 5.98. The summed E-state index contributed by atoms with van der Waals surface area (Å²) in [6.07, 6.45) is 3.40. The fourth-order valence-electron chi connectivity index (χ4n) is 1.07. The van der Waals surface area contributed by atoms with E-state index in [4.69, 9.17) is 0 Å². The molecule has 0 unspecified atom stereocenters. The van der Waals surface area contributed by atoms with Crippen LogP contribution in [-0.2, 0) is 4.79 Å². The van der Waals surface area contributed by atoms with E-state index in [1.54, 1.807) is 6.92 Å². The highest BCUT2D eigenvalue weighted by Crippen LogP contribution is 2.23. The number of hydrogen-bond acceptors (Lipinski definition) is 2. The summed E-state index contributed by atoms with van der Waals surface area (Å²) in [5.41, 5.74) is 0.333. The lowest BCUT2D eigenvalue weighted by Gasteiger charge is -2.21. The summed E-state index contributed by atoms with van der Waals surface area (Å²) in [6.45, 7) is 6.80. The van der Waals surface area contributed by atoms with Gasteiger partial charge in [0, 0.05) is 13.5 Å². The van der Waals surface area contributed by atoms with Gasteiger partial charge >= 0.3 is 0 Å². The average molecular weight is 203 g/mol. The van der Waals surface area contributed by atoms with Gasteiger partial charge in [0.15, 0.2) is 0 Å². The zero-order valence-electron chi connectivity index (χ0n) is 8.89. The molecule has 1 N–H and O–H groups in total. The third kappa shape index (κ3) is 8.16. The molecular formula is C10H21NOS. The van der Waals surface area contributed by atoms with Gasteiger partial charge in [0.2, 0.25) is 5.91 Å². The van der Waals surface area contributed by atoms with E-state index in [2.05, 4.69) is 31.8 Å². The van der Waals surface area contributed by atoms with Crippen LogP contribution in [0, 0.1) is 5.41 Å². The summed E-state index contributed by atoms with van der Waals surface area (Å²) in [5, 5.41) is 2.79. The number of rotatable bonds is 6. The van der Waals surface area contributed by atoms with Crippen LogP contribution >= 0.6 is 12.6 Å². The van der Waals surface area contributed by atoms with Crippen molar-refractivity contribution < 1.29 is 4.79 Å². The maximum Gasteiger partial charge on any atom is 0.216 e. The minimum atomic E-state index is 0.0634. The number of amides is 1. The molecule has 0 rings (SSSR count). The van der Waals surface area contributed by atoms with Crippen LogP contribution in [0.25, 0.3) is 0 Å². The molecule has 0 bridgehead atoms. The van der Waals surface area contributed by atoms with Gasteiger partial charge in [0.25, 0.3) is 0 Å². The van der Waals surface area contributed by atoms with Gasteiger partial charge in [-0.25, -0.2) is 0 Å². The van der Waals surface area contributed by atoms with E-state index in [1.165, 1.54) is 6.42 Å². The molecule has 78 valence electrons. The summed E-state index contributed by atoms with van der Waals surface area (Å²) in [6, 6.07) is 0. The molecule has 2 nitrogen and oxygen atoms in total. The van der Waals surface area contributed by atoms with Crippen LogP contribution in [0.15, 0.2) is 0 Å². The third-order valence-electron chi connectivity index (χ3n) is 2.08. The summed E-state index contributed by atoms with van der Waals surface area (Å²) < 4.78 is 0. The maximum absolute atomic E-state index is 10.5. The molecule has 0 aliphatic heterocycles. The van der Waals surface area contributed by atoms with E-state index >= 15 is 0 Å². The van der Waals surface area contributed by atoms with Gasteiger partial charge in [-0.2, -0.15) is 12.6 Å². The first-order valence-corrected chi connectivity index (χ1v) is 5.46. The Morgan fingerprint density at radius 3 is 2.46 bits per heavy atom. The predicted octanol–water partition coefficient (Wildman–Crippen LogP) is 2.25. The summed E-state index contributed by atoms with van der Waals surface area (Å²) in [5.74, 6) is 0.987. The monoisotopic (exact) mass is 203 g/mol. The molecule has 0 saturated carbocycles. The van der Waals surface area contributed by atoms with Crippen LogP contribution in [0.3, 0.4) is 0 Å². The molecule has 13 heavy (non-hydrogen) atoms. The molecule has 0 heterocycles. The normalized spacial score (nSPS) is 11.4. The van der Waals surface area contributed by atoms with Crippen molar-refractivity contribution in [1.82, 2.24) is 5.32 Å². The molecule has 0 saturated heterocycles. The Balaban J connectivity index is 3.30. The van der Waals surface area contributed by atoms with Gasteiger partial charge in [-0.1, -0.05) is 20.3 Å². The van der Waals surface area contributed by atoms with Crippen molar-refractivity contribution in [3.05, 3.63) is 0 Å². The molecule has 0 aliphatic carbocycles. The van der Waals surface area contributed by atoms with E-state index in [0.29, 0.717) is 5.41 Å². The molecule has 0 atom stereocenters. The van der Waals surface area contributed by atoms with Crippen LogP contribution in [0.4, 0.5) is 0 Å². The Hall–Kier alpha value is -0.180. The molecule has 0 fully saturated rings. The first kappa shape index (κ1) is 12.8. The molecule has 0 aromatic rings. The lowest BCUT2D eigenvalue weighted by Crippen LogP contribution is -2.21. The molecular weight excluding hydrogens is 182 g/mol. The lowest BCUT2D eigenvalue weighted by atomic mass is 9.89. The Kier molecular flexibility index (Phi) is 6.21. The van der Waals surface area contributed by atoms with Crippen molar-refractivity contribution in [1.29, 1.82) is 0 Å². The van der Waals surface area contributed by atoms with Gasteiger partial charge < -0.3 is 5.32 Å². The minimum absolute atomic E-state index is 0.0634. The predicted molar refractivity (Wildman–Crippen MR) is 60.2 cm³/mol. The molecule has 0 aromatic carbocycles. The number of carbonyl (C=O) groups excluding carboxylic acids is 1. The highest BCUT2D eigenvalue weighted by Gasteiger charge is 2.14. The van der Waals surface area contributed by atoms with E-state index < -0.39 is 0 Å².